The smallest absolute Gasteiger partial charge is 0.0793 e. The average Bonchev–Trinajstić information content (AvgIpc) is 2.37. The van der Waals surface area contributed by atoms with Crippen LogP contribution in [-0.2, 0) is 6.42 Å². The lowest BCUT2D eigenvalue weighted by molar-refractivity contribution is 0.168. The number of benzene rings is 2. The molecule has 0 amide bonds. The highest BCUT2D eigenvalue weighted by atomic mass is 16.3. The minimum atomic E-state index is -0.405. The summed E-state index contributed by atoms with van der Waals surface area (Å²) in [5, 5.41) is 10.0. The molecule has 2 rings (SSSR count). The average molecular weight is 227 g/mol. The van der Waals surface area contributed by atoms with Crippen LogP contribution >= 0.6 is 0 Å². The van der Waals surface area contributed by atoms with Crippen molar-refractivity contribution in [2.75, 3.05) is 5.73 Å². The molecule has 2 nitrogen and oxygen atoms in total. The molecular weight excluding hydrogens is 210 g/mol. The van der Waals surface area contributed by atoms with Crippen LogP contribution in [0, 0.1) is 0 Å². The highest BCUT2D eigenvalue weighted by Gasteiger charge is 2.06. The highest BCUT2D eigenvalue weighted by Crippen LogP contribution is 2.19. The summed E-state index contributed by atoms with van der Waals surface area (Å²) < 4.78 is 0. The fourth-order valence-electron chi connectivity index (χ4n) is 1.89. The molecule has 0 unspecified atom stereocenters. The molecule has 3 N–H and O–H groups in total. The van der Waals surface area contributed by atoms with Crippen LogP contribution in [0.1, 0.15) is 23.7 Å². The maximum Gasteiger partial charge on any atom is 0.0793 e. The zero-order valence-electron chi connectivity index (χ0n) is 9.71. The first-order valence-electron chi connectivity index (χ1n) is 5.83. The zero-order valence-corrected chi connectivity index (χ0v) is 9.71. The van der Waals surface area contributed by atoms with Crippen molar-refractivity contribution in [3.8, 4) is 0 Å². The van der Waals surface area contributed by atoms with Gasteiger partial charge in [0.1, 0.15) is 0 Å². The molecule has 1 atom stereocenters. The van der Waals surface area contributed by atoms with Crippen molar-refractivity contribution in [3.63, 3.8) is 0 Å². The number of anilines is 1. The van der Waals surface area contributed by atoms with Crippen LogP contribution in [-0.4, -0.2) is 5.11 Å². The molecule has 0 fully saturated rings. The van der Waals surface area contributed by atoms with Crippen LogP contribution in [0.4, 0.5) is 5.69 Å². The Morgan fingerprint density at radius 1 is 1.00 bits per heavy atom. The van der Waals surface area contributed by atoms with Crippen LogP contribution in [0.15, 0.2) is 54.6 Å². The van der Waals surface area contributed by atoms with E-state index >= 15 is 0 Å². The molecular formula is C15H17NO. The molecule has 17 heavy (non-hydrogen) atoms. The normalized spacial score (nSPS) is 12.3. The Bertz CT molecular complexity index is 467. The van der Waals surface area contributed by atoms with Crippen molar-refractivity contribution in [1.82, 2.24) is 0 Å². The van der Waals surface area contributed by atoms with Crippen molar-refractivity contribution in [1.29, 1.82) is 0 Å². The van der Waals surface area contributed by atoms with E-state index in [4.69, 9.17) is 5.73 Å². The number of hydrogen-bond donors (Lipinski definition) is 2. The standard InChI is InChI=1S/C15H17NO/c16-14-8-4-5-12(11-14)9-10-15(17)13-6-2-1-3-7-13/h1-8,11,15,17H,9-10,16H2/t15-/m1/s1. The summed E-state index contributed by atoms with van der Waals surface area (Å²) in [7, 11) is 0. The maximum absolute atomic E-state index is 10.0. The van der Waals surface area contributed by atoms with Crippen LogP contribution in [0.3, 0.4) is 0 Å². The van der Waals surface area contributed by atoms with E-state index in [0.29, 0.717) is 6.42 Å². The second kappa shape index (κ2) is 5.51. The number of nitrogen functional groups attached to an aromatic ring is 1. The van der Waals surface area contributed by atoms with Gasteiger partial charge in [-0.05, 0) is 36.1 Å². The van der Waals surface area contributed by atoms with E-state index in [-0.39, 0.29) is 0 Å². The second-order valence-corrected chi connectivity index (χ2v) is 4.21. The number of nitrogens with two attached hydrogens (primary N) is 1. The maximum atomic E-state index is 10.0. The van der Waals surface area contributed by atoms with Gasteiger partial charge >= 0.3 is 0 Å². The molecule has 0 heterocycles. The summed E-state index contributed by atoms with van der Waals surface area (Å²) in [4.78, 5) is 0. The number of rotatable bonds is 4. The Balaban J connectivity index is 1.95. The van der Waals surface area contributed by atoms with Gasteiger partial charge in [0, 0.05) is 5.69 Å². The fourth-order valence-corrected chi connectivity index (χ4v) is 1.89. The van der Waals surface area contributed by atoms with Crippen molar-refractivity contribution >= 4 is 5.69 Å². The van der Waals surface area contributed by atoms with Crippen molar-refractivity contribution in [2.24, 2.45) is 0 Å². The zero-order chi connectivity index (χ0) is 12.1. The number of aryl methyl sites for hydroxylation is 1. The van der Waals surface area contributed by atoms with Gasteiger partial charge in [-0.1, -0.05) is 42.5 Å². The Morgan fingerprint density at radius 2 is 1.76 bits per heavy atom. The molecule has 88 valence electrons. The molecule has 0 saturated carbocycles. The van der Waals surface area contributed by atoms with Crippen molar-refractivity contribution in [2.45, 2.75) is 18.9 Å². The Hall–Kier alpha value is -1.80. The first kappa shape index (κ1) is 11.7. The number of hydrogen-bond acceptors (Lipinski definition) is 2. The molecule has 0 aliphatic carbocycles. The lowest BCUT2D eigenvalue weighted by Crippen LogP contribution is -1.99. The lowest BCUT2D eigenvalue weighted by Gasteiger charge is -2.10. The second-order valence-electron chi connectivity index (χ2n) is 4.21. The molecule has 2 aromatic rings. The van der Waals surface area contributed by atoms with Crippen LogP contribution in [0.25, 0.3) is 0 Å². The molecule has 0 radical (unpaired) electrons. The van der Waals surface area contributed by atoms with Crippen LogP contribution in [0.5, 0.6) is 0 Å². The van der Waals surface area contributed by atoms with Gasteiger partial charge in [0.05, 0.1) is 6.10 Å². The number of aliphatic hydroxyl groups is 1. The van der Waals surface area contributed by atoms with E-state index in [1.807, 2.05) is 54.6 Å². The lowest BCUT2D eigenvalue weighted by atomic mass is 10.0. The van der Waals surface area contributed by atoms with Crippen LogP contribution in [0.2, 0.25) is 0 Å². The first-order chi connectivity index (χ1) is 8.25. The molecule has 0 aliphatic rings. The SMILES string of the molecule is Nc1cccc(CC[C@@H](O)c2ccccc2)c1. The van der Waals surface area contributed by atoms with E-state index in [1.165, 1.54) is 5.56 Å². The monoisotopic (exact) mass is 227 g/mol. The highest BCUT2D eigenvalue weighted by molar-refractivity contribution is 5.40. The summed E-state index contributed by atoms with van der Waals surface area (Å²) >= 11 is 0. The number of aliphatic hydroxyl groups excluding tert-OH is 1. The van der Waals surface area contributed by atoms with Crippen molar-refractivity contribution < 1.29 is 5.11 Å². The van der Waals surface area contributed by atoms with Gasteiger partial charge in [0.25, 0.3) is 0 Å². The summed E-state index contributed by atoms with van der Waals surface area (Å²) in [6, 6.07) is 17.5. The van der Waals surface area contributed by atoms with Gasteiger partial charge in [-0.25, -0.2) is 0 Å². The minimum Gasteiger partial charge on any atom is -0.399 e. The third kappa shape index (κ3) is 3.33. The van der Waals surface area contributed by atoms with Gasteiger partial charge in [0.15, 0.2) is 0 Å². The van der Waals surface area contributed by atoms with Crippen molar-refractivity contribution in [3.05, 3.63) is 65.7 Å². The molecule has 0 aromatic heterocycles. The van der Waals surface area contributed by atoms with Gasteiger partial charge in [0.2, 0.25) is 0 Å². The Morgan fingerprint density at radius 3 is 2.47 bits per heavy atom. The van der Waals surface area contributed by atoms with E-state index < -0.39 is 6.10 Å². The Labute approximate surface area is 102 Å². The minimum absolute atomic E-state index is 0.405. The third-order valence-corrected chi connectivity index (χ3v) is 2.84. The summed E-state index contributed by atoms with van der Waals surface area (Å²) in [5.41, 5.74) is 8.62. The predicted octanol–water partition coefficient (Wildman–Crippen LogP) is 2.94. The van der Waals surface area contributed by atoms with Gasteiger partial charge in [-0.2, -0.15) is 0 Å². The first-order valence-corrected chi connectivity index (χ1v) is 5.83. The summed E-state index contributed by atoms with van der Waals surface area (Å²) in [6.07, 6.45) is 1.15. The van der Waals surface area contributed by atoms with E-state index in [2.05, 4.69) is 0 Å². The van der Waals surface area contributed by atoms with E-state index in [9.17, 15) is 5.11 Å². The molecule has 0 saturated heterocycles. The van der Waals surface area contributed by atoms with Crippen LogP contribution < -0.4 is 5.73 Å². The Kier molecular flexibility index (Phi) is 3.78. The van der Waals surface area contributed by atoms with Gasteiger partial charge < -0.3 is 10.8 Å². The third-order valence-electron chi connectivity index (χ3n) is 2.84. The summed E-state index contributed by atoms with van der Waals surface area (Å²) in [6.45, 7) is 0. The predicted molar refractivity (Wildman–Crippen MR) is 70.6 cm³/mol. The largest absolute Gasteiger partial charge is 0.399 e. The molecule has 0 aliphatic heterocycles. The molecule has 0 spiro atoms. The quantitative estimate of drug-likeness (QED) is 0.789. The van der Waals surface area contributed by atoms with E-state index in [1.54, 1.807) is 0 Å². The van der Waals surface area contributed by atoms with Gasteiger partial charge in [-0.3, -0.25) is 0 Å². The summed E-state index contributed by atoms with van der Waals surface area (Å²) in [5.74, 6) is 0. The molecule has 0 bridgehead atoms. The topological polar surface area (TPSA) is 46.2 Å². The van der Waals surface area contributed by atoms with Gasteiger partial charge in [-0.15, -0.1) is 0 Å². The molecule has 2 aromatic carbocycles. The fraction of sp³-hybridized carbons (Fsp3) is 0.200. The molecule has 2 heteroatoms. The van der Waals surface area contributed by atoms with E-state index in [0.717, 1.165) is 17.7 Å².